The summed E-state index contributed by atoms with van der Waals surface area (Å²) in [5, 5.41) is 8.57. The van der Waals surface area contributed by atoms with Crippen LogP contribution < -0.4 is 4.74 Å². The van der Waals surface area contributed by atoms with Crippen LogP contribution >= 0.6 is 0 Å². The predicted molar refractivity (Wildman–Crippen MR) is 72.6 cm³/mol. The minimum Gasteiger partial charge on any atom is -0.491 e. The van der Waals surface area contributed by atoms with Crippen LogP contribution in [0.15, 0.2) is 18.2 Å². The van der Waals surface area contributed by atoms with Crippen molar-refractivity contribution in [2.75, 3.05) is 12.4 Å². The summed E-state index contributed by atoms with van der Waals surface area (Å²) in [6.07, 6.45) is 0. The van der Waals surface area contributed by atoms with E-state index in [1.165, 1.54) is 6.07 Å². The normalized spacial score (nSPS) is 11.6. The van der Waals surface area contributed by atoms with E-state index < -0.39 is 21.1 Å². The topological polar surface area (TPSA) is 80.7 Å². The minimum absolute atomic E-state index is 0.0435. The van der Waals surface area contributed by atoms with Gasteiger partial charge in [0, 0.05) is 0 Å². The van der Waals surface area contributed by atoms with Crippen LogP contribution in [-0.4, -0.2) is 37.1 Å². The van der Waals surface area contributed by atoms with Crippen LogP contribution in [0.1, 0.15) is 29.8 Å². The molecule has 0 saturated heterocycles. The van der Waals surface area contributed by atoms with Crippen molar-refractivity contribution >= 4 is 15.8 Å². The lowest BCUT2D eigenvalue weighted by Crippen LogP contribution is -2.22. The fourth-order valence-electron chi connectivity index (χ4n) is 1.51. The van der Waals surface area contributed by atoms with E-state index in [1.807, 2.05) is 0 Å². The number of benzene rings is 1. The highest BCUT2D eigenvalue weighted by atomic mass is 32.2. The number of carbonyl (C=O) groups is 1. The van der Waals surface area contributed by atoms with Gasteiger partial charge in [0.05, 0.1) is 11.0 Å². The van der Waals surface area contributed by atoms with Crippen molar-refractivity contribution in [3.8, 4) is 5.75 Å². The number of carboxylic acids is 1. The summed E-state index contributed by atoms with van der Waals surface area (Å²) in [5.41, 5.74) is 0.712. The fraction of sp³-hybridized carbons (Fsp3) is 0.462. The Bertz CT molecular complexity index is 560. The highest BCUT2D eigenvalue weighted by Crippen LogP contribution is 2.23. The van der Waals surface area contributed by atoms with Crippen LogP contribution in [0.25, 0.3) is 0 Å². The zero-order chi connectivity index (χ0) is 14.6. The number of rotatable bonds is 6. The van der Waals surface area contributed by atoms with Crippen LogP contribution in [0.5, 0.6) is 5.75 Å². The van der Waals surface area contributed by atoms with Crippen molar-refractivity contribution in [1.29, 1.82) is 0 Å². The third kappa shape index (κ3) is 3.96. The Balaban J connectivity index is 2.82. The summed E-state index contributed by atoms with van der Waals surface area (Å²) in [6.45, 7) is 4.88. The molecule has 19 heavy (non-hydrogen) atoms. The van der Waals surface area contributed by atoms with E-state index >= 15 is 0 Å². The van der Waals surface area contributed by atoms with Crippen LogP contribution in [0.4, 0.5) is 0 Å². The number of aryl methyl sites for hydroxylation is 1. The molecule has 1 N–H and O–H groups in total. The maximum atomic E-state index is 11.6. The Hall–Kier alpha value is -1.56. The molecule has 0 fully saturated rings. The van der Waals surface area contributed by atoms with Gasteiger partial charge >= 0.3 is 5.97 Å². The first-order chi connectivity index (χ1) is 8.75. The van der Waals surface area contributed by atoms with E-state index in [2.05, 4.69) is 0 Å². The first-order valence-corrected chi connectivity index (χ1v) is 7.64. The Morgan fingerprint density at radius 1 is 1.37 bits per heavy atom. The molecule has 0 heterocycles. The number of sulfone groups is 1. The van der Waals surface area contributed by atoms with Gasteiger partial charge in [-0.05, 0) is 32.4 Å². The van der Waals surface area contributed by atoms with Gasteiger partial charge in [0.15, 0.2) is 9.84 Å². The molecule has 0 bridgehead atoms. The molecule has 0 aliphatic carbocycles. The number of aromatic carboxylic acids is 1. The Kier molecular flexibility index (Phi) is 4.94. The average molecular weight is 286 g/mol. The molecule has 0 unspecified atom stereocenters. The second-order valence-electron chi connectivity index (χ2n) is 4.52. The predicted octanol–water partition coefficient (Wildman–Crippen LogP) is 1.90. The van der Waals surface area contributed by atoms with E-state index in [0.29, 0.717) is 5.56 Å². The van der Waals surface area contributed by atoms with Gasteiger partial charge in [-0.3, -0.25) is 0 Å². The van der Waals surface area contributed by atoms with Crippen LogP contribution in [0.3, 0.4) is 0 Å². The number of ether oxygens (including phenoxy) is 1. The summed E-state index contributed by atoms with van der Waals surface area (Å²) < 4.78 is 28.6. The lowest BCUT2D eigenvalue weighted by molar-refractivity contribution is 0.0692. The zero-order valence-corrected chi connectivity index (χ0v) is 12.0. The van der Waals surface area contributed by atoms with Crippen LogP contribution in [0.2, 0.25) is 0 Å². The molecule has 1 aromatic rings. The van der Waals surface area contributed by atoms with Gasteiger partial charge in [-0.15, -0.1) is 0 Å². The summed E-state index contributed by atoms with van der Waals surface area (Å²) in [4.78, 5) is 11.0. The first kappa shape index (κ1) is 15.5. The molecule has 6 heteroatoms. The van der Waals surface area contributed by atoms with Crippen molar-refractivity contribution in [3.63, 3.8) is 0 Å². The Morgan fingerprint density at radius 2 is 2.00 bits per heavy atom. The monoisotopic (exact) mass is 286 g/mol. The summed E-state index contributed by atoms with van der Waals surface area (Å²) in [6, 6.07) is 4.77. The van der Waals surface area contributed by atoms with Crippen LogP contribution in [0, 0.1) is 6.92 Å². The molecule has 106 valence electrons. The summed E-state index contributed by atoms with van der Waals surface area (Å²) in [5.74, 6) is -0.989. The molecular weight excluding hydrogens is 268 g/mol. The number of carboxylic acid groups (broad SMARTS) is 1. The summed E-state index contributed by atoms with van der Waals surface area (Å²) in [7, 11) is -3.19. The lowest BCUT2D eigenvalue weighted by atomic mass is 10.1. The van der Waals surface area contributed by atoms with Crippen molar-refractivity contribution < 1.29 is 23.1 Å². The average Bonchev–Trinajstić information content (AvgIpc) is 2.30. The lowest BCUT2D eigenvalue weighted by Gasteiger charge is -2.13. The van der Waals surface area contributed by atoms with Gasteiger partial charge in [-0.1, -0.05) is 12.1 Å². The molecule has 0 aliphatic rings. The minimum atomic E-state index is -3.19. The molecule has 5 nitrogen and oxygen atoms in total. The van der Waals surface area contributed by atoms with Gasteiger partial charge < -0.3 is 9.84 Å². The van der Waals surface area contributed by atoms with E-state index in [-0.39, 0.29) is 23.7 Å². The van der Waals surface area contributed by atoms with Crippen molar-refractivity contribution in [3.05, 3.63) is 29.3 Å². The molecule has 0 saturated carbocycles. The second kappa shape index (κ2) is 6.06. The zero-order valence-electron chi connectivity index (χ0n) is 11.2. The number of hydrogen-bond donors (Lipinski definition) is 1. The smallest absolute Gasteiger partial charge is 0.339 e. The van der Waals surface area contributed by atoms with Gasteiger partial charge in [0.1, 0.15) is 17.9 Å². The molecule has 0 spiro atoms. The molecule has 0 radical (unpaired) electrons. The largest absolute Gasteiger partial charge is 0.491 e. The highest BCUT2D eigenvalue weighted by Gasteiger charge is 2.18. The van der Waals surface area contributed by atoms with Gasteiger partial charge in [-0.25, -0.2) is 13.2 Å². The molecule has 1 rings (SSSR count). The molecular formula is C13H18O5S. The van der Waals surface area contributed by atoms with Gasteiger partial charge in [0.2, 0.25) is 0 Å². The van der Waals surface area contributed by atoms with Crippen molar-refractivity contribution in [2.24, 2.45) is 0 Å². The summed E-state index contributed by atoms with van der Waals surface area (Å²) >= 11 is 0. The SMILES string of the molecule is Cc1cccc(C(=O)O)c1OCCS(=O)(=O)C(C)C. The molecule has 0 aromatic heterocycles. The molecule has 0 aliphatic heterocycles. The molecule has 0 amide bonds. The molecule has 1 aromatic carbocycles. The highest BCUT2D eigenvalue weighted by molar-refractivity contribution is 7.91. The van der Waals surface area contributed by atoms with Crippen molar-refractivity contribution in [1.82, 2.24) is 0 Å². The van der Waals surface area contributed by atoms with E-state index in [1.54, 1.807) is 32.9 Å². The van der Waals surface area contributed by atoms with Gasteiger partial charge in [0.25, 0.3) is 0 Å². The Labute approximate surface area is 113 Å². The number of para-hydroxylation sites is 1. The fourth-order valence-corrected chi connectivity index (χ4v) is 2.30. The van der Waals surface area contributed by atoms with E-state index in [4.69, 9.17) is 9.84 Å². The van der Waals surface area contributed by atoms with E-state index in [0.717, 1.165) is 0 Å². The molecule has 0 atom stereocenters. The second-order valence-corrected chi connectivity index (χ2v) is 7.20. The number of hydrogen-bond acceptors (Lipinski definition) is 4. The third-order valence-electron chi connectivity index (χ3n) is 2.77. The first-order valence-electron chi connectivity index (χ1n) is 5.93. The van der Waals surface area contributed by atoms with Crippen molar-refractivity contribution in [2.45, 2.75) is 26.0 Å². The van der Waals surface area contributed by atoms with Gasteiger partial charge in [-0.2, -0.15) is 0 Å². The van der Waals surface area contributed by atoms with E-state index in [9.17, 15) is 13.2 Å². The Morgan fingerprint density at radius 3 is 2.53 bits per heavy atom. The standard InChI is InChI=1S/C13H18O5S/c1-9(2)19(16,17)8-7-18-12-10(3)5-4-6-11(12)13(14)15/h4-6,9H,7-8H2,1-3H3,(H,14,15). The van der Waals surface area contributed by atoms with Crippen LogP contribution in [-0.2, 0) is 9.84 Å². The third-order valence-corrected chi connectivity index (χ3v) is 4.95. The maximum Gasteiger partial charge on any atom is 0.339 e. The quantitative estimate of drug-likeness (QED) is 0.863. The maximum absolute atomic E-state index is 11.6.